The summed E-state index contributed by atoms with van der Waals surface area (Å²) in [7, 11) is 2.88. The highest BCUT2D eigenvalue weighted by Crippen LogP contribution is 2.19. The molecular weight excluding hydrogens is 228 g/mol. The molecule has 0 saturated carbocycles. The molecule has 0 aliphatic heterocycles. The molecule has 0 aromatic carbocycles. The maximum atomic E-state index is 10.9. The van der Waals surface area contributed by atoms with E-state index in [2.05, 4.69) is 9.97 Å². The van der Waals surface area contributed by atoms with Gasteiger partial charge in [0.25, 0.3) is 0 Å². The Bertz CT molecular complexity index is 376. The summed E-state index contributed by atoms with van der Waals surface area (Å²) in [5, 5.41) is 0.911. The van der Waals surface area contributed by atoms with Gasteiger partial charge in [0.15, 0.2) is 0 Å². The standard InChI is InChI=1S/C9H14N4O4/c1-4-13(8(10)14)17-9-11-6(15-2)5-7(12-9)16-3/h5H,4H2,1-3H3,(H2,10,14). The zero-order chi connectivity index (χ0) is 12.8. The highest BCUT2D eigenvalue weighted by atomic mass is 16.7. The minimum atomic E-state index is -0.738. The van der Waals surface area contributed by atoms with E-state index in [1.807, 2.05) is 0 Å². The lowest BCUT2D eigenvalue weighted by atomic mass is 10.6. The molecule has 2 amide bonds. The van der Waals surface area contributed by atoms with E-state index < -0.39 is 6.03 Å². The van der Waals surface area contributed by atoms with Gasteiger partial charge in [0.05, 0.1) is 26.8 Å². The van der Waals surface area contributed by atoms with E-state index in [9.17, 15) is 4.79 Å². The van der Waals surface area contributed by atoms with Crippen LogP contribution in [0.1, 0.15) is 6.92 Å². The second kappa shape index (κ2) is 5.73. The summed E-state index contributed by atoms with van der Waals surface area (Å²) >= 11 is 0. The minimum absolute atomic E-state index is 0.0816. The smallest absolute Gasteiger partial charge is 0.349 e. The Kier molecular flexibility index (Phi) is 4.32. The van der Waals surface area contributed by atoms with Crippen LogP contribution >= 0.6 is 0 Å². The van der Waals surface area contributed by atoms with Crippen LogP contribution in [0.3, 0.4) is 0 Å². The first kappa shape index (κ1) is 12.8. The summed E-state index contributed by atoms with van der Waals surface area (Å²) in [6.07, 6.45) is 0. The molecule has 0 unspecified atom stereocenters. The summed E-state index contributed by atoms with van der Waals surface area (Å²) in [6.45, 7) is 1.96. The number of hydrogen-bond acceptors (Lipinski definition) is 6. The van der Waals surface area contributed by atoms with Crippen LogP contribution in [0.25, 0.3) is 0 Å². The summed E-state index contributed by atoms with van der Waals surface area (Å²) in [6, 6.07) is 0.660. The van der Waals surface area contributed by atoms with Crippen molar-refractivity contribution in [3.05, 3.63) is 6.07 Å². The van der Waals surface area contributed by atoms with Gasteiger partial charge in [-0.2, -0.15) is 15.0 Å². The molecule has 0 saturated heterocycles. The van der Waals surface area contributed by atoms with E-state index in [1.165, 1.54) is 20.3 Å². The number of primary amides is 1. The average Bonchev–Trinajstić information content (AvgIpc) is 2.34. The first-order valence-corrected chi connectivity index (χ1v) is 4.82. The second-order valence-corrected chi connectivity index (χ2v) is 2.86. The molecule has 17 heavy (non-hydrogen) atoms. The number of carbonyl (C=O) groups is 1. The summed E-state index contributed by atoms with van der Waals surface area (Å²) in [5.74, 6) is 0.514. The number of amides is 2. The summed E-state index contributed by atoms with van der Waals surface area (Å²) < 4.78 is 9.85. The molecule has 0 radical (unpaired) electrons. The summed E-state index contributed by atoms with van der Waals surface area (Å²) in [5.41, 5.74) is 5.08. The van der Waals surface area contributed by atoms with Gasteiger partial charge in [-0.15, -0.1) is 0 Å². The number of nitrogens with two attached hydrogens (primary N) is 1. The lowest BCUT2D eigenvalue weighted by Crippen LogP contribution is -2.38. The molecule has 1 aromatic rings. The number of nitrogens with zero attached hydrogens (tertiary/aromatic N) is 3. The van der Waals surface area contributed by atoms with Crippen molar-refractivity contribution in [1.82, 2.24) is 15.0 Å². The fraction of sp³-hybridized carbons (Fsp3) is 0.444. The van der Waals surface area contributed by atoms with Crippen LogP contribution in [-0.4, -0.2) is 41.8 Å². The Morgan fingerprint density at radius 2 is 1.88 bits per heavy atom. The molecule has 94 valence electrons. The molecule has 0 aliphatic rings. The van der Waals surface area contributed by atoms with Crippen LogP contribution in [-0.2, 0) is 0 Å². The highest BCUT2D eigenvalue weighted by molar-refractivity contribution is 5.70. The fourth-order valence-corrected chi connectivity index (χ4v) is 0.998. The predicted molar refractivity (Wildman–Crippen MR) is 57.7 cm³/mol. The minimum Gasteiger partial charge on any atom is -0.481 e. The van der Waals surface area contributed by atoms with Gasteiger partial charge < -0.3 is 20.0 Å². The summed E-state index contributed by atoms with van der Waals surface area (Å²) in [4.78, 5) is 23.8. The first-order valence-electron chi connectivity index (χ1n) is 4.82. The van der Waals surface area contributed by atoms with Gasteiger partial charge >= 0.3 is 12.0 Å². The predicted octanol–water partition coefficient (Wildman–Crippen LogP) is 0.188. The van der Waals surface area contributed by atoms with Crippen LogP contribution in [0, 0.1) is 0 Å². The highest BCUT2D eigenvalue weighted by Gasteiger charge is 2.13. The van der Waals surface area contributed by atoms with Gasteiger partial charge in [0.1, 0.15) is 0 Å². The van der Waals surface area contributed by atoms with Crippen molar-refractivity contribution < 1.29 is 19.1 Å². The largest absolute Gasteiger partial charge is 0.481 e. The normalized spacial score (nSPS) is 9.59. The van der Waals surface area contributed by atoms with Gasteiger partial charge in [0, 0.05) is 0 Å². The van der Waals surface area contributed by atoms with E-state index in [-0.39, 0.29) is 24.3 Å². The number of ether oxygens (including phenoxy) is 2. The molecule has 0 fully saturated rings. The Morgan fingerprint density at radius 1 is 1.35 bits per heavy atom. The van der Waals surface area contributed by atoms with Crippen molar-refractivity contribution in [2.24, 2.45) is 5.73 Å². The van der Waals surface area contributed by atoms with Gasteiger partial charge in [-0.3, -0.25) is 0 Å². The third-order valence-electron chi connectivity index (χ3n) is 1.80. The van der Waals surface area contributed by atoms with Gasteiger partial charge in [-0.05, 0) is 6.92 Å². The SMILES string of the molecule is CCN(Oc1nc(OC)cc(OC)n1)C(N)=O. The molecule has 2 N–H and O–H groups in total. The molecule has 0 spiro atoms. The molecule has 1 aromatic heterocycles. The number of hydrogen-bond donors (Lipinski definition) is 1. The van der Waals surface area contributed by atoms with Crippen molar-refractivity contribution in [2.75, 3.05) is 20.8 Å². The molecule has 8 nitrogen and oxygen atoms in total. The maximum Gasteiger partial charge on any atom is 0.349 e. The molecular formula is C9H14N4O4. The quantitative estimate of drug-likeness (QED) is 0.740. The first-order chi connectivity index (χ1) is 8.10. The Balaban J connectivity index is 2.92. The van der Waals surface area contributed by atoms with Crippen LogP contribution < -0.4 is 20.0 Å². The van der Waals surface area contributed by atoms with Gasteiger partial charge in [-0.25, -0.2) is 4.79 Å². The molecule has 1 rings (SSSR count). The number of aromatic nitrogens is 2. The van der Waals surface area contributed by atoms with Crippen LogP contribution in [0.15, 0.2) is 6.07 Å². The van der Waals surface area contributed by atoms with Gasteiger partial charge in [-0.1, -0.05) is 0 Å². The van der Waals surface area contributed by atoms with Crippen LogP contribution in [0.2, 0.25) is 0 Å². The molecule has 1 heterocycles. The number of methoxy groups -OCH3 is 2. The van der Waals surface area contributed by atoms with Crippen molar-refractivity contribution in [1.29, 1.82) is 0 Å². The topological polar surface area (TPSA) is 99.8 Å². The number of hydroxylamine groups is 2. The van der Waals surface area contributed by atoms with Crippen molar-refractivity contribution in [3.8, 4) is 17.8 Å². The lowest BCUT2D eigenvalue weighted by Gasteiger charge is -2.16. The number of urea groups is 1. The molecule has 0 aliphatic carbocycles. The second-order valence-electron chi connectivity index (χ2n) is 2.86. The van der Waals surface area contributed by atoms with Crippen molar-refractivity contribution in [3.63, 3.8) is 0 Å². The van der Waals surface area contributed by atoms with Crippen molar-refractivity contribution in [2.45, 2.75) is 6.92 Å². The van der Waals surface area contributed by atoms with Gasteiger partial charge in [0.2, 0.25) is 11.8 Å². The molecule has 8 heteroatoms. The zero-order valence-electron chi connectivity index (χ0n) is 9.84. The molecule has 0 bridgehead atoms. The van der Waals surface area contributed by atoms with E-state index in [0.717, 1.165) is 5.06 Å². The number of rotatable bonds is 5. The monoisotopic (exact) mass is 242 g/mol. The maximum absolute atomic E-state index is 10.9. The third-order valence-corrected chi connectivity index (χ3v) is 1.80. The van der Waals surface area contributed by atoms with Crippen LogP contribution in [0.5, 0.6) is 17.8 Å². The van der Waals surface area contributed by atoms with E-state index in [4.69, 9.17) is 20.0 Å². The van der Waals surface area contributed by atoms with Crippen LogP contribution in [0.4, 0.5) is 4.79 Å². The van der Waals surface area contributed by atoms with Crippen molar-refractivity contribution >= 4 is 6.03 Å². The lowest BCUT2D eigenvalue weighted by molar-refractivity contribution is -0.0144. The Labute approximate surface area is 98.3 Å². The Hall–Kier alpha value is -2.25. The fourth-order valence-electron chi connectivity index (χ4n) is 0.998. The molecule has 0 atom stereocenters. The van der Waals surface area contributed by atoms with E-state index in [1.54, 1.807) is 6.92 Å². The average molecular weight is 242 g/mol. The van der Waals surface area contributed by atoms with E-state index >= 15 is 0 Å². The number of carbonyl (C=O) groups excluding carboxylic acids is 1. The van der Waals surface area contributed by atoms with E-state index in [0.29, 0.717) is 0 Å². The Morgan fingerprint density at radius 3 is 2.24 bits per heavy atom. The zero-order valence-corrected chi connectivity index (χ0v) is 9.84. The third kappa shape index (κ3) is 3.37.